The molecule has 0 radical (unpaired) electrons. The molecular weight excluding hydrogens is 248 g/mol. The lowest BCUT2D eigenvalue weighted by Gasteiger charge is -2.45. The maximum atomic E-state index is 4.46. The largest absolute Gasteiger partial charge is 0.307 e. The third-order valence-corrected chi connectivity index (χ3v) is 4.60. The molecule has 20 heavy (non-hydrogen) atoms. The lowest BCUT2D eigenvalue weighted by molar-refractivity contribution is 0.0840. The normalized spacial score (nSPS) is 13.9. The fourth-order valence-corrected chi connectivity index (χ4v) is 3.26. The molecule has 0 aliphatic heterocycles. The Kier molecular flexibility index (Phi) is 6.69. The highest BCUT2D eigenvalue weighted by molar-refractivity contribution is 5.15. The Labute approximate surface area is 124 Å². The Morgan fingerprint density at radius 1 is 1.25 bits per heavy atom. The molecule has 116 valence electrons. The summed E-state index contributed by atoms with van der Waals surface area (Å²) in [7, 11) is 4.39. The highest BCUT2D eigenvalue weighted by Crippen LogP contribution is 2.35. The van der Waals surface area contributed by atoms with Crippen LogP contribution in [-0.4, -0.2) is 40.9 Å². The number of likely N-dealkylation sites (N-methyl/N-ethyl adjacent to an activating group) is 1. The van der Waals surface area contributed by atoms with E-state index in [0.717, 1.165) is 32.4 Å². The van der Waals surface area contributed by atoms with Crippen LogP contribution in [0, 0.1) is 0 Å². The van der Waals surface area contributed by atoms with E-state index in [1.165, 1.54) is 5.69 Å². The van der Waals surface area contributed by atoms with Crippen LogP contribution in [0.1, 0.15) is 58.7 Å². The smallest absolute Gasteiger partial charge is 0.0678 e. The second-order valence-corrected chi connectivity index (χ2v) is 5.66. The zero-order valence-corrected chi connectivity index (χ0v) is 14.1. The van der Waals surface area contributed by atoms with Crippen molar-refractivity contribution in [2.45, 2.75) is 65.1 Å². The van der Waals surface area contributed by atoms with Crippen molar-refractivity contribution in [1.29, 1.82) is 0 Å². The van der Waals surface area contributed by atoms with Gasteiger partial charge in [0.2, 0.25) is 0 Å². The number of nitrogens with one attached hydrogen (secondary N) is 1. The molecule has 0 aromatic carbocycles. The average Bonchev–Trinajstić information content (AvgIpc) is 2.91. The number of aromatic nitrogens is 2. The van der Waals surface area contributed by atoms with Crippen LogP contribution in [0.5, 0.6) is 0 Å². The number of aryl methyl sites for hydroxylation is 1. The third-order valence-electron chi connectivity index (χ3n) is 4.60. The summed E-state index contributed by atoms with van der Waals surface area (Å²) < 4.78 is 2.12. The van der Waals surface area contributed by atoms with Gasteiger partial charge in [-0.3, -0.25) is 4.68 Å². The summed E-state index contributed by atoms with van der Waals surface area (Å²) in [5.74, 6) is 0. The maximum absolute atomic E-state index is 4.46. The van der Waals surface area contributed by atoms with Gasteiger partial charge in [0.25, 0.3) is 0 Å². The molecule has 0 fully saturated rings. The summed E-state index contributed by atoms with van der Waals surface area (Å²) >= 11 is 0. The summed E-state index contributed by atoms with van der Waals surface area (Å²) in [5, 5.41) is 8.23. The van der Waals surface area contributed by atoms with Gasteiger partial charge in [0.1, 0.15) is 0 Å². The first-order valence-electron chi connectivity index (χ1n) is 7.99. The summed E-state index contributed by atoms with van der Waals surface area (Å²) in [6, 6.07) is 2.48. The van der Waals surface area contributed by atoms with Crippen LogP contribution in [0.2, 0.25) is 0 Å². The quantitative estimate of drug-likeness (QED) is 0.754. The van der Waals surface area contributed by atoms with Crippen molar-refractivity contribution in [2.75, 3.05) is 20.6 Å². The van der Waals surface area contributed by atoms with E-state index in [4.69, 9.17) is 0 Å². The minimum atomic E-state index is 0.127. The summed E-state index contributed by atoms with van der Waals surface area (Å²) in [5.41, 5.74) is 1.43. The Morgan fingerprint density at radius 3 is 2.35 bits per heavy atom. The fourth-order valence-electron chi connectivity index (χ4n) is 3.26. The SMILES string of the molecule is CCCNC(c1ccnn1CC)C(CC)(CC)N(C)C. The molecule has 0 amide bonds. The van der Waals surface area contributed by atoms with Gasteiger partial charge in [-0.15, -0.1) is 0 Å². The Morgan fingerprint density at radius 2 is 1.90 bits per heavy atom. The summed E-state index contributed by atoms with van der Waals surface area (Å²) in [6.45, 7) is 10.9. The van der Waals surface area contributed by atoms with Crippen LogP contribution in [-0.2, 0) is 6.54 Å². The molecule has 0 aliphatic rings. The molecule has 1 aromatic heterocycles. The zero-order valence-electron chi connectivity index (χ0n) is 14.1. The topological polar surface area (TPSA) is 33.1 Å². The lowest BCUT2D eigenvalue weighted by Crippen LogP contribution is -2.53. The van der Waals surface area contributed by atoms with E-state index in [9.17, 15) is 0 Å². The third kappa shape index (κ3) is 3.23. The second-order valence-electron chi connectivity index (χ2n) is 5.66. The minimum absolute atomic E-state index is 0.127. The van der Waals surface area contributed by atoms with Gasteiger partial charge in [0, 0.05) is 18.3 Å². The van der Waals surface area contributed by atoms with E-state index in [1.807, 2.05) is 6.20 Å². The first-order chi connectivity index (χ1) is 9.57. The maximum Gasteiger partial charge on any atom is 0.0678 e. The molecule has 4 nitrogen and oxygen atoms in total. The van der Waals surface area contributed by atoms with Crippen LogP contribution in [0.25, 0.3) is 0 Å². The van der Waals surface area contributed by atoms with Gasteiger partial charge in [-0.05, 0) is 52.9 Å². The minimum Gasteiger partial charge on any atom is -0.307 e. The predicted molar refractivity (Wildman–Crippen MR) is 85.9 cm³/mol. The second kappa shape index (κ2) is 7.79. The van der Waals surface area contributed by atoms with E-state index in [2.05, 4.69) is 67.9 Å². The molecular formula is C16H32N4. The van der Waals surface area contributed by atoms with Crippen molar-refractivity contribution in [2.24, 2.45) is 0 Å². The van der Waals surface area contributed by atoms with E-state index >= 15 is 0 Å². The van der Waals surface area contributed by atoms with Crippen LogP contribution in [0.3, 0.4) is 0 Å². The van der Waals surface area contributed by atoms with E-state index in [-0.39, 0.29) is 5.54 Å². The van der Waals surface area contributed by atoms with E-state index in [0.29, 0.717) is 6.04 Å². The Balaban J connectivity index is 3.22. The standard InChI is InChI=1S/C16H32N4/c1-7-12-17-15(14-11-13-18-20(14)10-4)16(8-2,9-3)19(5)6/h11,13,15,17H,7-10,12H2,1-6H3. The zero-order chi connectivity index (χ0) is 15.2. The first kappa shape index (κ1) is 17.2. The van der Waals surface area contributed by atoms with Crippen LogP contribution >= 0.6 is 0 Å². The van der Waals surface area contributed by atoms with Gasteiger partial charge >= 0.3 is 0 Å². The van der Waals surface area contributed by atoms with E-state index in [1.54, 1.807) is 0 Å². The van der Waals surface area contributed by atoms with E-state index < -0.39 is 0 Å². The Hall–Kier alpha value is -0.870. The van der Waals surface area contributed by atoms with Crippen molar-refractivity contribution in [3.05, 3.63) is 18.0 Å². The van der Waals surface area contributed by atoms with Crippen molar-refractivity contribution in [1.82, 2.24) is 20.0 Å². The van der Waals surface area contributed by atoms with Crippen molar-refractivity contribution >= 4 is 0 Å². The van der Waals surface area contributed by atoms with Crippen LogP contribution < -0.4 is 5.32 Å². The highest BCUT2D eigenvalue weighted by atomic mass is 15.3. The van der Waals surface area contributed by atoms with Gasteiger partial charge in [-0.25, -0.2) is 0 Å². The van der Waals surface area contributed by atoms with Crippen LogP contribution in [0.4, 0.5) is 0 Å². The molecule has 0 aliphatic carbocycles. The highest BCUT2D eigenvalue weighted by Gasteiger charge is 2.39. The number of nitrogens with zero attached hydrogens (tertiary/aromatic N) is 3. The molecule has 0 spiro atoms. The van der Waals surface area contributed by atoms with Gasteiger partial charge in [0.05, 0.1) is 11.7 Å². The summed E-state index contributed by atoms with van der Waals surface area (Å²) in [6.07, 6.45) is 5.30. The molecule has 0 saturated heterocycles. The number of hydrogen-bond donors (Lipinski definition) is 1. The van der Waals surface area contributed by atoms with Gasteiger partial charge in [-0.2, -0.15) is 5.10 Å². The Bertz CT molecular complexity index is 380. The summed E-state index contributed by atoms with van der Waals surface area (Å²) in [4.78, 5) is 2.38. The number of hydrogen-bond acceptors (Lipinski definition) is 3. The predicted octanol–water partition coefficient (Wildman–Crippen LogP) is 3.06. The molecule has 1 N–H and O–H groups in total. The van der Waals surface area contributed by atoms with Crippen molar-refractivity contribution < 1.29 is 0 Å². The average molecular weight is 280 g/mol. The molecule has 1 aromatic rings. The fraction of sp³-hybridized carbons (Fsp3) is 0.812. The number of rotatable bonds is 9. The van der Waals surface area contributed by atoms with Crippen molar-refractivity contribution in [3.8, 4) is 0 Å². The van der Waals surface area contributed by atoms with Gasteiger partial charge in [-0.1, -0.05) is 20.8 Å². The van der Waals surface area contributed by atoms with Gasteiger partial charge in [0.15, 0.2) is 0 Å². The molecule has 1 rings (SSSR count). The molecule has 1 heterocycles. The monoisotopic (exact) mass is 280 g/mol. The molecule has 0 bridgehead atoms. The molecule has 0 saturated carbocycles. The first-order valence-corrected chi connectivity index (χ1v) is 7.99. The van der Waals surface area contributed by atoms with Crippen LogP contribution in [0.15, 0.2) is 12.3 Å². The van der Waals surface area contributed by atoms with Gasteiger partial charge < -0.3 is 10.2 Å². The van der Waals surface area contributed by atoms with Crippen molar-refractivity contribution in [3.63, 3.8) is 0 Å². The lowest BCUT2D eigenvalue weighted by atomic mass is 9.81. The molecule has 1 unspecified atom stereocenters. The molecule has 1 atom stereocenters. The molecule has 4 heteroatoms.